The van der Waals surface area contributed by atoms with Gasteiger partial charge in [-0.3, -0.25) is 0 Å². The van der Waals surface area contributed by atoms with Gasteiger partial charge in [0.1, 0.15) is 5.82 Å². The Bertz CT molecular complexity index is 313. The van der Waals surface area contributed by atoms with Gasteiger partial charge in [0.05, 0.1) is 0 Å². The van der Waals surface area contributed by atoms with E-state index in [0.29, 0.717) is 15.5 Å². The van der Waals surface area contributed by atoms with Crippen LogP contribution >= 0.6 is 31.9 Å². The van der Waals surface area contributed by atoms with E-state index in [-0.39, 0.29) is 5.82 Å². The predicted octanol–water partition coefficient (Wildman–Crippen LogP) is 3.32. The highest BCUT2D eigenvalue weighted by atomic mass is 79.9. The highest BCUT2D eigenvalue weighted by Gasteiger charge is 2.03. The summed E-state index contributed by atoms with van der Waals surface area (Å²) >= 11 is 6.53. The van der Waals surface area contributed by atoms with E-state index < -0.39 is 0 Å². The van der Waals surface area contributed by atoms with Crippen molar-refractivity contribution in [2.24, 2.45) is 5.73 Å². The molecule has 0 radical (unpaired) electrons. The summed E-state index contributed by atoms with van der Waals surface area (Å²) in [6, 6.07) is 2.84. The van der Waals surface area contributed by atoms with Crippen molar-refractivity contribution in [1.82, 2.24) is 0 Å². The van der Waals surface area contributed by atoms with E-state index in [9.17, 15) is 4.39 Å². The molecule has 0 aliphatic heterocycles. The van der Waals surface area contributed by atoms with E-state index in [1.807, 2.05) is 12.2 Å². The molecule has 1 rings (SSSR count). The monoisotopic (exact) mass is 307 g/mol. The van der Waals surface area contributed by atoms with Gasteiger partial charge < -0.3 is 5.73 Å². The number of nitrogens with two attached hydrogens (primary N) is 1. The highest BCUT2D eigenvalue weighted by molar-refractivity contribution is 9.11. The largest absolute Gasteiger partial charge is 0.327 e. The second-order valence-electron chi connectivity index (χ2n) is 2.42. The first-order chi connectivity index (χ1) is 6.15. The molecule has 0 bridgehead atoms. The molecule has 0 atom stereocenters. The van der Waals surface area contributed by atoms with Crippen LogP contribution in [0.25, 0.3) is 6.08 Å². The van der Waals surface area contributed by atoms with Crippen molar-refractivity contribution in [3.05, 3.63) is 38.5 Å². The van der Waals surface area contributed by atoms with E-state index in [2.05, 4.69) is 31.9 Å². The Morgan fingerprint density at radius 2 is 1.85 bits per heavy atom. The van der Waals surface area contributed by atoms with Gasteiger partial charge in [0.25, 0.3) is 0 Å². The second-order valence-corrected chi connectivity index (χ2v) is 4.13. The Morgan fingerprint density at radius 3 is 2.31 bits per heavy atom. The molecule has 70 valence electrons. The van der Waals surface area contributed by atoms with Gasteiger partial charge in [0, 0.05) is 21.1 Å². The number of rotatable bonds is 2. The van der Waals surface area contributed by atoms with Crippen molar-refractivity contribution in [3.8, 4) is 0 Å². The molecule has 0 amide bonds. The maximum absolute atomic E-state index is 12.8. The lowest BCUT2D eigenvalue weighted by atomic mass is 10.2. The van der Waals surface area contributed by atoms with Gasteiger partial charge in [-0.2, -0.15) is 0 Å². The summed E-state index contributed by atoms with van der Waals surface area (Å²) in [6.45, 7) is 0.469. The van der Waals surface area contributed by atoms with Crippen LogP contribution in [-0.2, 0) is 0 Å². The fraction of sp³-hybridized carbons (Fsp3) is 0.111. The van der Waals surface area contributed by atoms with E-state index in [0.717, 1.165) is 5.56 Å². The Labute approximate surface area is 93.1 Å². The smallest absolute Gasteiger partial charge is 0.125 e. The summed E-state index contributed by atoms with van der Waals surface area (Å²) in [6.07, 6.45) is 3.65. The lowest BCUT2D eigenvalue weighted by Gasteiger charge is -2.02. The molecule has 0 spiro atoms. The maximum atomic E-state index is 12.8. The molecule has 0 saturated carbocycles. The molecule has 0 aromatic heterocycles. The van der Waals surface area contributed by atoms with Crippen molar-refractivity contribution in [1.29, 1.82) is 0 Å². The molecule has 0 aliphatic rings. The van der Waals surface area contributed by atoms with Crippen LogP contribution < -0.4 is 5.73 Å². The summed E-state index contributed by atoms with van der Waals surface area (Å²) in [5.41, 5.74) is 6.21. The first kappa shape index (κ1) is 10.9. The molecule has 1 aromatic carbocycles. The molecular formula is C9H8Br2FN. The minimum Gasteiger partial charge on any atom is -0.327 e. The van der Waals surface area contributed by atoms with Crippen molar-refractivity contribution in [2.45, 2.75) is 0 Å². The number of hydrogen-bond donors (Lipinski definition) is 1. The minimum absolute atomic E-state index is 0.274. The molecule has 2 N–H and O–H groups in total. The quantitative estimate of drug-likeness (QED) is 0.891. The third-order valence-corrected chi connectivity index (χ3v) is 2.78. The van der Waals surface area contributed by atoms with E-state index in [1.54, 1.807) is 0 Å². The Morgan fingerprint density at radius 1 is 1.31 bits per heavy atom. The topological polar surface area (TPSA) is 26.0 Å². The Kier molecular flexibility index (Phi) is 4.09. The van der Waals surface area contributed by atoms with Crippen molar-refractivity contribution in [2.75, 3.05) is 6.54 Å². The third kappa shape index (κ3) is 2.90. The molecule has 0 heterocycles. The van der Waals surface area contributed by atoms with Crippen molar-refractivity contribution in [3.63, 3.8) is 0 Å². The standard InChI is InChI=1S/C9H8Br2FN/c10-8-4-6(12)5-9(11)7(8)2-1-3-13/h1-2,4-5H,3,13H2. The molecular weight excluding hydrogens is 301 g/mol. The lowest BCUT2D eigenvalue weighted by Crippen LogP contribution is -1.92. The summed E-state index contributed by atoms with van der Waals surface area (Å²) in [4.78, 5) is 0. The molecule has 4 heteroatoms. The second kappa shape index (κ2) is 4.88. The molecule has 0 saturated heterocycles. The summed E-state index contributed by atoms with van der Waals surface area (Å²) in [7, 11) is 0. The van der Waals surface area contributed by atoms with Crippen LogP contribution in [0.15, 0.2) is 27.2 Å². The summed E-state index contributed by atoms with van der Waals surface area (Å²) in [5, 5.41) is 0. The van der Waals surface area contributed by atoms with Crippen LogP contribution in [0.4, 0.5) is 4.39 Å². The van der Waals surface area contributed by atoms with Crippen molar-refractivity contribution >= 4 is 37.9 Å². The van der Waals surface area contributed by atoms with Gasteiger partial charge in [-0.1, -0.05) is 44.0 Å². The molecule has 0 fully saturated rings. The summed E-state index contributed by atoms with van der Waals surface area (Å²) < 4.78 is 14.2. The van der Waals surface area contributed by atoms with Crippen molar-refractivity contribution < 1.29 is 4.39 Å². The van der Waals surface area contributed by atoms with Crippen LogP contribution in [0, 0.1) is 5.82 Å². The molecule has 1 aromatic rings. The Balaban J connectivity index is 3.13. The van der Waals surface area contributed by atoms with Crippen LogP contribution in [0.3, 0.4) is 0 Å². The van der Waals surface area contributed by atoms with E-state index >= 15 is 0 Å². The average molecular weight is 309 g/mol. The van der Waals surface area contributed by atoms with Crippen LogP contribution in [0.1, 0.15) is 5.56 Å². The number of hydrogen-bond acceptors (Lipinski definition) is 1. The SMILES string of the molecule is NCC=Cc1c(Br)cc(F)cc1Br. The van der Waals surface area contributed by atoms with Gasteiger partial charge in [-0.05, 0) is 12.1 Å². The van der Waals surface area contributed by atoms with Crippen LogP contribution in [0.2, 0.25) is 0 Å². The van der Waals surface area contributed by atoms with Gasteiger partial charge in [-0.25, -0.2) is 4.39 Å². The number of halogens is 3. The van der Waals surface area contributed by atoms with Crippen LogP contribution in [0.5, 0.6) is 0 Å². The Hall–Kier alpha value is -0.190. The normalized spacial score (nSPS) is 11.1. The number of benzene rings is 1. The molecule has 13 heavy (non-hydrogen) atoms. The predicted molar refractivity (Wildman–Crippen MR) is 59.9 cm³/mol. The van der Waals surface area contributed by atoms with E-state index in [4.69, 9.17) is 5.73 Å². The van der Waals surface area contributed by atoms with E-state index in [1.165, 1.54) is 12.1 Å². The van der Waals surface area contributed by atoms with Gasteiger partial charge in [-0.15, -0.1) is 0 Å². The van der Waals surface area contributed by atoms with Crippen LogP contribution in [-0.4, -0.2) is 6.54 Å². The summed E-state index contributed by atoms with van der Waals surface area (Å²) in [5.74, 6) is -0.274. The van der Waals surface area contributed by atoms with Gasteiger partial charge in [0.2, 0.25) is 0 Å². The minimum atomic E-state index is -0.274. The lowest BCUT2D eigenvalue weighted by molar-refractivity contribution is 0.626. The average Bonchev–Trinajstić information content (AvgIpc) is 2.02. The van der Waals surface area contributed by atoms with Gasteiger partial charge >= 0.3 is 0 Å². The molecule has 1 nitrogen and oxygen atoms in total. The first-order valence-electron chi connectivity index (χ1n) is 3.66. The maximum Gasteiger partial charge on any atom is 0.125 e. The zero-order valence-electron chi connectivity index (χ0n) is 6.73. The first-order valence-corrected chi connectivity index (χ1v) is 5.25. The molecule has 0 aliphatic carbocycles. The van der Waals surface area contributed by atoms with Gasteiger partial charge in [0.15, 0.2) is 0 Å². The fourth-order valence-electron chi connectivity index (χ4n) is 0.898. The molecule has 0 unspecified atom stereocenters. The zero-order valence-corrected chi connectivity index (χ0v) is 9.90. The fourth-order valence-corrected chi connectivity index (χ4v) is 2.29. The zero-order chi connectivity index (χ0) is 9.84. The third-order valence-electron chi connectivity index (χ3n) is 1.46. The highest BCUT2D eigenvalue weighted by Crippen LogP contribution is 2.27.